The molecule has 0 saturated heterocycles. The maximum absolute atomic E-state index is 11.3. The first-order chi connectivity index (χ1) is 8.58. The topological polar surface area (TPSA) is 65.5 Å². The molecule has 0 spiro atoms. The molecular formula is C13H23N3O2S. The minimum absolute atomic E-state index is 0.513. The Labute approximate surface area is 118 Å². The Hall–Kier alpha value is -1.14. The molecule has 0 unspecified atom stereocenters. The highest BCUT2D eigenvalue weighted by atomic mass is 32.1. The van der Waals surface area contributed by atoms with Crippen molar-refractivity contribution in [2.75, 3.05) is 19.0 Å². The fourth-order valence-electron chi connectivity index (χ4n) is 1.38. The van der Waals surface area contributed by atoms with Crippen LogP contribution in [0.15, 0.2) is 6.20 Å². The standard InChI is InChI=1S/C13H23N3O2S/c1-12(2,10(17)18)13(3,4)15-8-9-7-14-11(19-9)16(5)6/h7,15H,8H2,1-6H3,(H,17,18). The first-order valence-electron chi connectivity index (χ1n) is 6.18. The predicted octanol–water partition coefficient (Wildman–Crippen LogP) is 2.19. The first kappa shape index (κ1) is 15.9. The molecule has 0 bridgehead atoms. The van der Waals surface area contributed by atoms with Gasteiger partial charge in [0.25, 0.3) is 0 Å². The third-order valence-electron chi connectivity index (χ3n) is 3.73. The normalized spacial score (nSPS) is 12.5. The van der Waals surface area contributed by atoms with E-state index in [0.717, 1.165) is 10.0 Å². The molecule has 0 aliphatic rings. The molecule has 1 aromatic rings. The van der Waals surface area contributed by atoms with Gasteiger partial charge in [0, 0.05) is 37.3 Å². The number of nitrogens with one attached hydrogen (secondary N) is 1. The molecule has 0 radical (unpaired) electrons. The molecule has 2 N–H and O–H groups in total. The molecule has 19 heavy (non-hydrogen) atoms. The Bertz CT molecular complexity index is 452. The summed E-state index contributed by atoms with van der Waals surface area (Å²) in [5.74, 6) is -0.803. The van der Waals surface area contributed by atoms with E-state index in [9.17, 15) is 9.90 Å². The van der Waals surface area contributed by atoms with Crippen LogP contribution in [0, 0.1) is 5.41 Å². The van der Waals surface area contributed by atoms with Gasteiger partial charge >= 0.3 is 5.97 Å². The number of anilines is 1. The van der Waals surface area contributed by atoms with Gasteiger partial charge < -0.3 is 15.3 Å². The Balaban J connectivity index is 2.72. The molecule has 1 heterocycles. The maximum Gasteiger partial charge on any atom is 0.310 e. The van der Waals surface area contributed by atoms with Crippen molar-refractivity contribution >= 4 is 22.4 Å². The van der Waals surface area contributed by atoms with E-state index >= 15 is 0 Å². The first-order valence-corrected chi connectivity index (χ1v) is 7.00. The highest BCUT2D eigenvalue weighted by molar-refractivity contribution is 7.15. The van der Waals surface area contributed by atoms with Crippen LogP contribution in [0.5, 0.6) is 0 Å². The Morgan fingerprint density at radius 2 is 2.00 bits per heavy atom. The molecule has 0 aromatic carbocycles. The largest absolute Gasteiger partial charge is 0.481 e. The lowest BCUT2D eigenvalue weighted by Crippen LogP contribution is -2.54. The van der Waals surface area contributed by atoms with Crippen molar-refractivity contribution in [2.24, 2.45) is 5.41 Å². The van der Waals surface area contributed by atoms with Crippen molar-refractivity contribution in [3.8, 4) is 0 Å². The second-order valence-electron chi connectivity index (χ2n) is 5.91. The van der Waals surface area contributed by atoms with Crippen LogP contribution in [0.1, 0.15) is 32.6 Å². The van der Waals surface area contributed by atoms with E-state index in [1.807, 2.05) is 39.0 Å². The minimum Gasteiger partial charge on any atom is -0.481 e. The smallest absolute Gasteiger partial charge is 0.310 e. The van der Waals surface area contributed by atoms with Crippen LogP contribution in [0.4, 0.5) is 5.13 Å². The number of carboxylic acid groups (broad SMARTS) is 1. The maximum atomic E-state index is 11.3. The molecule has 0 fully saturated rings. The molecule has 108 valence electrons. The van der Waals surface area contributed by atoms with E-state index in [-0.39, 0.29) is 0 Å². The van der Waals surface area contributed by atoms with Crippen molar-refractivity contribution in [1.29, 1.82) is 0 Å². The SMILES string of the molecule is CN(C)c1ncc(CNC(C)(C)C(C)(C)C(=O)O)s1. The van der Waals surface area contributed by atoms with Crippen molar-refractivity contribution in [2.45, 2.75) is 39.8 Å². The minimum atomic E-state index is -0.845. The summed E-state index contributed by atoms with van der Waals surface area (Å²) in [6, 6.07) is 0. The predicted molar refractivity (Wildman–Crippen MR) is 78.8 cm³/mol. The van der Waals surface area contributed by atoms with Gasteiger partial charge in [0.1, 0.15) is 0 Å². The number of hydrogen-bond donors (Lipinski definition) is 2. The molecule has 0 saturated carbocycles. The van der Waals surface area contributed by atoms with Crippen LogP contribution in [0.25, 0.3) is 0 Å². The van der Waals surface area contributed by atoms with E-state index in [1.54, 1.807) is 25.2 Å². The zero-order valence-electron chi connectivity index (χ0n) is 12.4. The molecular weight excluding hydrogens is 262 g/mol. The number of rotatable bonds is 6. The zero-order chi connectivity index (χ0) is 14.8. The van der Waals surface area contributed by atoms with Crippen LogP contribution in [-0.4, -0.2) is 35.7 Å². The number of carbonyl (C=O) groups is 1. The van der Waals surface area contributed by atoms with Gasteiger partial charge in [0.15, 0.2) is 5.13 Å². The van der Waals surface area contributed by atoms with Crippen molar-refractivity contribution in [3.63, 3.8) is 0 Å². The van der Waals surface area contributed by atoms with Gasteiger partial charge in [-0.2, -0.15) is 0 Å². The number of nitrogens with zero attached hydrogens (tertiary/aromatic N) is 2. The van der Waals surface area contributed by atoms with Gasteiger partial charge in [-0.3, -0.25) is 4.79 Å². The van der Waals surface area contributed by atoms with Crippen LogP contribution in [0.2, 0.25) is 0 Å². The third kappa shape index (κ3) is 3.45. The van der Waals surface area contributed by atoms with E-state index in [4.69, 9.17) is 0 Å². The van der Waals surface area contributed by atoms with Crippen LogP contribution < -0.4 is 10.2 Å². The molecule has 5 nitrogen and oxygen atoms in total. The summed E-state index contributed by atoms with van der Waals surface area (Å²) in [6.07, 6.45) is 1.83. The summed E-state index contributed by atoms with van der Waals surface area (Å²) >= 11 is 1.61. The highest BCUT2D eigenvalue weighted by Gasteiger charge is 2.43. The van der Waals surface area contributed by atoms with E-state index < -0.39 is 16.9 Å². The fraction of sp³-hybridized carbons (Fsp3) is 0.692. The average molecular weight is 285 g/mol. The van der Waals surface area contributed by atoms with Crippen molar-refractivity contribution < 1.29 is 9.90 Å². The number of thiazole rings is 1. The molecule has 1 aromatic heterocycles. The van der Waals surface area contributed by atoms with E-state index in [0.29, 0.717) is 6.54 Å². The quantitative estimate of drug-likeness (QED) is 0.838. The molecule has 0 aliphatic heterocycles. The van der Waals surface area contributed by atoms with Gasteiger partial charge in [-0.25, -0.2) is 4.98 Å². The molecule has 1 rings (SSSR count). The van der Waals surface area contributed by atoms with Crippen molar-refractivity contribution in [1.82, 2.24) is 10.3 Å². The highest BCUT2D eigenvalue weighted by Crippen LogP contribution is 2.31. The summed E-state index contributed by atoms with van der Waals surface area (Å²) in [7, 11) is 3.90. The van der Waals surface area contributed by atoms with Gasteiger partial charge in [0.05, 0.1) is 5.41 Å². The number of hydrogen-bond acceptors (Lipinski definition) is 5. The van der Waals surface area contributed by atoms with Crippen molar-refractivity contribution in [3.05, 3.63) is 11.1 Å². The molecule has 0 aliphatic carbocycles. The molecule has 0 atom stereocenters. The van der Waals surface area contributed by atoms with Crippen LogP contribution in [0.3, 0.4) is 0 Å². The Kier molecular flexibility index (Phi) is 4.58. The van der Waals surface area contributed by atoms with Crippen LogP contribution >= 0.6 is 11.3 Å². The number of aliphatic carboxylic acids is 1. The third-order valence-corrected chi connectivity index (χ3v) is 4.89. The lowest BCUT2D eigenvalue weighted by atomic mass is 9.74. The Morgan fingerprint density at radius 1 is 1.42 bits per heavy atom. The summed E-state index contributed by atoms with van der Waals surface area (Å²) in [5.41, 5.74) is -1.36. The van der Waals surface area contributed by atoms with E-state index in [2.05, 4.69) is 10.3 Å². The second kappa shape index (κ2) is 5.46. The van der Waals surface area contributed by atoms with Gasteiger partial charge in [0.2, 0.25) is 0 Å². The lowest BCUT2D eigenvalue weighted by Gasteiger charge is -2.39. The summed E-state index contributed by atoms with van der Waals surface area (Å²) in [4.78, 5) is 18.7. The summed E-state index contributed by atoms with van der Waals surface area (Å²) in [6.45, 7) is 7.92. The summed E-state index contributed by atoms with van der Waals surface area (Å²) < 4.78 is 0. The van der Waals surface area contributed by atoms with Gasteiger partial charge in [-0.15, -0.1) is 11.3 Å². The second-order valence-corrected chi connectivity index (χ2v) is 7.01. The molecule has 0 amide bonds. The summed E-state index contributed by atoms with van der Waals surface area (Å²) in [5, 5.41) is 13.6. The monoisotopic (exact) mass is 285 g/mol. The lowest BCUT2D eigenvalue weighted by molar-refractivity contribution is -0.151. The van der Waals surface area contributed by atoms with E-state index in [1.165, 1.54) is 0 Å². The molecule has 6 heteroatoms. The van der Waals surface area contributed by atoms with Gasteiger partial charge in [-0.05, 0) is 27.7 Å². The number of carboxylic acids is 1. The fourth-order valence-corrected chi connectivity index (χ4v) is 2.15. The Morgan fingerprint density at radius 3 is 2.42 bits per heavy atom. The number of aromatic nitrogens is 1. The van der Waals surface area contributed by atoms with Crippen LogP contribution in [-0.2, 0) is 11.3 Å². The average Bonchev–Trinajstić information content (AvgIpc) is 2.74. The zero-order valence-corrected chi connectivity index (χ0v) is 13.3. The van der Waals surface area contributed by atoms with Gasteiger partial charge in [-0.1, -0.05) is 0 Å².